The van der Waals surface area contributed by atoms with Crippen LogP contribution in [0.4, 0.5) is 5.69 Å². The summed E-state index contributed by atoms with van der Waals surface area (Å²) in [6.07, 6.45) is -0.256. The quantitative estimate of drug-likeness (QED) is 0.0622. The molecule has 4 aromatic rings. The Bertz CT molecular complexity index is 1520. The molecule has 0 unspecified atom stereocenters. The lowest BCUT2D eigenvalue weighted by molar-refractivity contribution is -0.384. The average molecular weight is 619 g/mol. The minimum absolute atomic E-state index is 0.0265. The Kier molecular flexibility index (Phi) is 11.2. The molecule has 1 saturated heterocycles. The first-order valence-electron chi connectivity index (χ1n) is 14.1. The molecule has 0 N–H and O–H groups in total. The van der Waals surface area contributed by atoms with E-state index in [9.17, 15) is 10.1 Å². The Balaban J connectivity index is 1.47. The summed E-state index contributed by atoms with van der Waals surface area (Å²) in [5.74, 6) is 0. The number of aromatic nitrogens is 1. The fourth-order valence-electron chi connectivity index (χ4n) is 4.81. The summed E-state index contributed by atoms with van der Waals surface area (Å²) >= 11 is 1.18. The number of fused-ring (bicyclic) bond motifs is 1. The molecule has 230 valence electrons. The molecule has 0 bridgehead atoms. The van der Waals surface area contributed by atoms with E-state index in [2.05, 4.69) is 18.1 Å². The maximum atomic E-state index is 11.3. The van der Waals surface area contributed by atoms with Gasteiger partial charge in [0.1, 0.15) is 24.4 Å². The van der Waals surface area contributed by atoms with E-state index < -0.39 is 35.6 Å². The van der Waals surface area contributed by atoms with Gasteiger partial charge in [-0.2, -0.15) is 0 Å². The molecule has 0 saturated carbocycles. The van der Waals surface area contributed by atoms with E-state index in [0.29, 0.717) is 23.4 Å². The number of nitro groups is 1. The Labute approximate surface area is 259 Å². The number of thiazole rings is 1. The first kappa shape index (κ1) is 31.5. The monoisotopic (exact) mass is 618 g/mol. The second kappa shape index (κ2) is 15.7. The number of rotatable bonds is 16. The number of nitro benzene ring substituents is 1. The minimum Gasteiger partial charge on any atom is -0.437 e. The molecule has 5 atom stereocenters. The molecule has 1 aliphatic heterocycles. The average Bonchev–Trinajstić information content (AvgIpc) is 3.45. The summed E-state index contributed by atoms with van der Waals surface area (Å²) in [5, 5.41) is 11.6. The van der Waals surface area contributed by atoms with Crippen molar-refractivity contribution < 1.29 is 33.3 Å². The zero-order valence-corrected chi connectivity index (χ0v) is 24.9. The molecule has 5 rings (SSSR count). The number of benzene rings is 3. The van der Waals surface area contributed by atoms with Gasteiger partial charge in [-0.1, -0.05) is 84.2 Å². The highest BCUT2D eigenvalue weighted by Gasteiger charge is 2.50. The summed E-state index contributed by atoms with van der Waals surface area (Å²) in [7, 11) is 0. The van der Waals surface area contributed by atoms with Gasteiger partial charge in [0.15, 0.2) is 0 Å². The molecular formula is C33H34N2O8S. The fraction of sp³-hybridized carbons (Fsp3) is 0.303. The third-order valence-corrected chi connectivity index (χ3v) is 7.78. The second-order valence-electron chi connectivity index (χ2n) is 9.98. The van der Waals surface area contributed by atoms with Crippen molar-refractivity contribution in [3.8, 4) is 5.19 Å². The first-order valence-corrected chi connectivity index (χ1v) is 15.0. The second-order valence-corrected chi connectivity index (χ2v) is 11.0. The van der Waals surface area contributed by atoms with Crippen molar-refractivity contribution in [1.29, 1.82) is 0 Å². The molecule has 1 aliphatic rings. The molecule has 3 aromatic carbocycles. The first-order chi connectivity index (χ1) is 21.6. The number of hydrogen-bond donors (Lipinski definition) is 0. The van der Waals surface area contributed by atoms with Crippen molar-refractivity contribution in [3.63, 3.8) is 0 Å². The SMILES string of the molecule is C=CCOC[C@H]1O[C@H](Oc2nc3ccc([N+](=O)[O-])cc3s2)[C@@H](OCc2ccccc2)[C@@H](OCC=C)[C@@H]1OCc1ccccc1. The van der Waals surface area contributed by atoms with Crippen molar-refractivity contribution in [2.24, 2.45) is 0 Å². The van der Waals surface area contributed by atoms with Crippen LogP contribution in [0.25, 0.3) is 10.2 Å². The molecule has 0 amide bonds. The van der Waals surface area contributed by atoms with Crippen molar-refractivity contribution in [3.05, 3.63) is 125 Å². The van der Waals surface area contributed by atoms with Crippen molar-refractivity contribution in [1.82, 2.24) is 4.98 Å². The van der Waals surface area contributed by atoms with E-state index in [0.717, 1.165) is 11.1 Å². The van der Waals surface area contributed by atoms with Crippen LogP contribution in [0.1, 0.15) is 11.1 Å². The van der Waals surface area contributed by atoms with Gasteiger partial charge < -0.3 is 28.4 Å². The number of non-ortho nitro benzene ring substituents is 1. The summed E-state index contributed by atoms with van der Waals surface area (Å²) < 4.78 is 38.6. The molecule has 1 aromatic heterocycles. The number of hydrogen-bond acceptors (Lipinski definition) is 10. The number of ether oxygens (including phenoxy) is 6. The minimum atomic E-state index is -0.974. The zero-order chi connectivity index (χ0) is 30.7. The standard InChI is InChI=1S/C33H34N2O8S/c1-3-17-38-22-27-29(40-20-23-11-7-5-8-12-23)30(39-18-4-2)31(41-21-24-13-9-6-10-14-24)32(42-27)43-33-34-26-16-15-25(35(36)37)19-28(26)44-33/h3-16,19,27,29-32H,1-2,17-18,20-22H2/t27-,29-,30+,31+,32-/m1/s1. The topological polar surface area (TPSA) is 111 Å². The Morgan fingerprint density at radius 3 is 2.16 bits per heavy atom. The fourth-order valence-corrected chi connectivity index (χ4v) is 5.68. The van der Waals surface area contributed by atoms with Gasteiger partial charge >= 0.3 is 0 Å². The maximum absolute atomic E-state index is 11.3. The lowest BCUT2D eigenvalue weighted by Gasteiger charge is -2.45. The van der Waals surface area contributed by atoms with Crippen LogP contribution in [0, 0.1) is 10.1 Å². The molecular weight excluding hydrogens is 584 g/mol. The van der Waals surface area contributed by atoms with Crippen molar-refractivity contribution >= 4 is 27.2 Å². The van der Waals surface area contributed by atoms with E-state index in [1.165, 1.54) is 23.5 Å². The van der Waals surface area contributed by atoms with Crippen LogP contribution in [0.5, 0.6) is 5.19 Å². The molecule has 0 aliphatic carbocycles. The third kappa shape index (κ3) is 8.14. The van der Waals surface area contributed by atoms with Gasteiger partial charge in [0.25, 0.3) is 10.9 Å². The van der Waals surface area contributed by atoms with Crippen LogP contribution in [0.3, 0.4) is 0 Å². The predicted molar refractivity (Wildman–Crippen MR) is 167 cm³/mol. The van der Waals surface area contributed by atoms with Gasteiger partial charge in [-0.3, -0.25) is 10.1 Å². The molecule has 0 radical (unpaired) electrons. The largest absolute Gasteiger partial charge is 0.437 e. The van der Waals surface area contributed by atoms with Crippen LogP contribution in [-0.2, 0) is 36.9 Å². The molecule has 0 spiro atoms. The van der Waals surface area contributed by atoms with Crippen molar-refractivity contribution in [2.45, 2.75) is 43.9 Å². The lowest BCUT2D eigenvalue weighted by atomic mass is 9.98. The molecule has 44 heavy (non-hydrogen) atoms. The third-order valence-electron chi connectivity index (χ3n) is 6.87. The van der Waals surface area contributed by atoms with Gasteiger partial charge in [-0.25, -0.2) is 4.98 Å². The highest BCUT2D eigenvalue weighted by atomic mass is 32.1. The van der Waals surface area contributed by atoms with Crippen molar-refractivity contribution in [2.75, 3.05) is 19.8 Å². The van der Waals surface area contributed by atoms with Crippen LogP contribution >= 0.6 is 11.3 Å². The van der Waals surface area contributed by atoms with Gasteiger partial charge in [0.2, 0.25) is 6.29 Å². The van der Waals surface area contributed by atoms with Crippen LogP contribution < -0.4 is 4.74 Å². The van der Waals surface area contributed by atoms with Gasteiger partial charge in [-0.05, 0) is 17.2 Å². The van der Waals surface area contributed by atoms with E-state index in [4.69, 9.17) is 28.4 Å². The lowest BCUT2D eigenvalue weighted by Crippen LogP contribution is -2.62. The summed E-state index contributed by atoms with van der Waals surface area (Å²) in [4.78, 5) is 15.4. The Hall–Kier alpha value is -3.97. The van der Waals surface area contributed by atoms with E-state index >= 15 is 0 Å². The number of nitrogens with zero attached hydrogens (tertiary/aromatic N) is 2. The van der Waals surface area contributed by atoms with Crippen LogP contribution in [-0.4, -0.2) is 60.4 Å². The molecule has 10 nitrogen and oxygen atoms in total. The summed E-state index contributed by atoms with van der Waals surface area (Å²) in [6, 6.07) is 24.1. The van der Waals surface area contributed by atoms with Crippen LogP contribution in [0.15, 0.2) is 104 Å². The van der Waals surface area contributed by atoms with E-state index in [-0.39, 0.29) is 30.7 Å². The van der Waals surface area contributed by atoms with Gasteiger partial charge in [-0.15, -0.1) is 13.2 Å². The van der Waals surface area contributed by atoms with Gasteiger partial charge in [0, 0.05) is 12.1 Å². The molecule has 1 fully saturated rings. The van der Waals surface area contributed by atoms with Gasteiger partial charge in [0.05, 0.1) is 48.2 Å². The maximum Gasteiger partial charge on any atom is 0.276 e. The summed E-state index contributed by atoms with van der Waals surface area (Å²) in [5.41, 5.74) is 2.49. The normalized spacial score (nSPS) is 21.6. The smallest absolute Gasteiger partial charge is 0.276 e. The van der Waals surface area contributed by atoms with E-state index in [1.54, 1.807) is 18.2 Å². The van der Waals surface area contributed by atoms with E-state index in [1.807, 2.05) is 60.7 Å². The Morgan fingerprint density at radius 2 is 1.52 bits per heavy atom. The highest BCUT2D eigenvalue weighted by Crippen LogP contribution is 2.35. The predicted octanol–water partition coefficient (Wildman–Crippen LogP) is 6.25. The molecule has 2 heterocycles. The zero-order valence-electron chi connectivity index (χ0n) is 24.1. The molecule has 11 heteroatoms. The summed E-state index contributed by atoms with van der Waals surface area (Å²) in [6.45, 7) is 8.88. The highest BCUT2D eigenvalue weighted by molar-refractivity contribution is 7.20. The Morgan fingerprint density at radius 1 is 0.864 bits per heavy atom. The van der Waals surface area contributed by atoms with Crippen LogP contribution in [0.2, 0.25) is 0 Å².